The van der Waals surface area contributed by atoms with E-state index in [9.17, 15) is 13.2 Å². The average molecular weight is 421 g/mol. The van der Waals surface area contributed by atoms with Crippen LogP contribution in [-0.4, -0.2) is 46.9 Å². The molecule has 29 heavy (non-hydrogen) atoms. The molecular weight excluding hydrogens is 392 g/mol. The number of nitrogens with zero attached hydrogens (tertiary/aromatic N) is 1. The van der Waals surface area contributed by atoms with E-state index in [1.54, 1.807) is 50.4 Å². The number of hydrogen-bond acceptors (Lipinski definition) is 5. The molecule has 0 heterocycles. The van der Waals surface area contributed by atoms with Gasteiger partial charge in [0.05, 0.1) is 25.1 Å². The molecule has 0 fully saturated rings. The molecule has 2 rings (SSSR count). The maximum absolute atomic E-state index is 12.5. The number of carbonyl (C=O) groups excluding carboxylic acids is 1. The highest BCUT2D eigenvalue weighted by Gasteiger charge is 2.23. The number of ether oxygens (including phenoxy) is 2. The Bertz CT molecular complexity index is 913. The summed E-state index contributed by atoms with van der Waals surface area (Å²) in [6.07, 6.45) is 1.76. The fourth-order valence-corrected chi connectivity index (χ4v) is 3.71. The summed E-state index contributed by atoms with van der Waals surface area (Å²) in [6, 6.07) is 14.0. The first-order chi connectivity index (χ1) is 13.7. The highest BCUT2D eigenvalue weighted by atomic mass is 32.2. The number of carbonyl (C=O) groups is 1. The number of para-hydroxylation sites is 1. The quantitative estimate of drug-likeness (QED) is 0.639. The Balaban J connectivity index is 1.98. The zero-order valence-electron chi connectivity index (χ0n) is 17.2. The van der Waals surface area contributed by atoms with Gasteiger partial charge >= 0.3 is 0 Å². The van der Waals surface area contributed by atoms with E-state index in [1.807, 2.05) is 19.1 Å². The fraction of sp³-hybridized carbons (Fsp3) is 0.381. The Hall–Kier alpha value is -2.74. The fourth-order valence-electron chi connectivity index (χ4n) is 2.82. The van der Waals surface area contributed by atoms with E-state index in [0.717, 1.165) is 21.9 Å². The summed E-state index contributed by atoms with van der Waals surface area (Å²) in [5, 5.41) is 2.79. The van der Waals surface area contributed by atoms with Crippen LogP contribution in [0.5, 0.6) is 11.5 Å². The SMILES string of the molecule is CCc1ccccc1N(CC(=O)NC(C)COc1ccc(OC)cc1)S(C)(=O)=O. The molecule has 8 heteroatoms. The summed E-state index contributed by atoms with van der Waals surface area (Å²) in [7, 11) is -2.02. The van der Waals surface area contributed by atoms with E-state index in [2.05, 4.69) is 5.32 Å². The number of rotatable bonds is 10. The van der Waals surface area contributed by atoms with Crippen LogP contribution in [0.2, 0.25) is 0 Å². The van der Waals surface area contributed by atoms with Crippen LogP contribution in [0.3, 0.4) is 0 Å². The number of sulfonamides is 1. The molecule has 1 N–H and O–H groups in total. The first-order valence-electron chi connectivity index (χ1n) is 9.36. The lowest BCUT2D eigenvalue weighted by molar-refractivity contribution is -0.120. The number of methoxy groups -OCH3 is 1. The number of nitrogens with one attached hydrogen (secondary N) is 1. The smallest absolute Gasteiger partial charge is 0.241 e. The molecule has 1 atom stereocenters. The zero-order chi connectivity index (χ0) is 21.4. The van der Waals surface area contributed by atoms with Crippen LogP contribution in [-0.2, 0) is 21.2 Å². The second-order valence-corrected chi connectivity index (χ2v) is 8.61. The van der Waals surface area contributed by atoms with Gasteiger partial charge in [-0.05, 0) is 49.2 Å². The van der Waals surface area contributed by atoms with Gasteiger partial charge in [0.15, 0.2) is 0 Å². The minimum atomic E-state index is -3.61. The topological polar surface area (TPSA) is 84.9 Å². The van der Waals surface area contributed by atoms with Crippen LogP contribution in [0, 0.1) is 0 Å². The van der Waals surface area contributed by atoms with Crippen molar-refractivity contribution in [3.05, 3.63) is 54.1 Å². The summed E-state index contributed by atoms with van der Waals surface area (Å²) in [4.78, 5) is 12.5. The van der Waals surface area contributed by atoms with Gasteiger partial charge in [0.25, 0.3) is 0 Å². The number of benzene rings is 2. The molecular formula is C21H28N2O5S. The van der Waals surface area contributed by atoms with Crippen LogP contribution < -0.4 is 19.1 Å². The summed E-state index contributed by atoms with van der Waals surface area (Å²) in [5.41, 5.74) is 1.39. The van der Waals surface area contributed by atoms with Crippen molar-refractivity contribution >= 4 is 21.6 Å². The lowest BCUT2D eigenvalue weighted by Gasteiger charge is -2.25. The third-order valence-electron chi connectivity index (χ3n) is 4.30. The first-order valence-corrected chi connectivity index (χ1v) is 11.2. The average Bonchev–Trinajstić information content (AvgIpc) is 2.70. The van der Waals surface area contributed by atoms with Gasteiger partial charge in [-0.3, -0.25) is 9.10 Å². The van der Waals surface area contributed by atoms with Gasteiger partial charge in [-0.2, -0.15) is 0 Å². The lowest BCUT2D eigenvalue weighted by Crippen LogP contribution is -2.45. The second-order valence-electron chi connectivity index (χ2n) is 6.71. The van der Waals surface area contributed by atoms with E-state index in [1.165, 1.54) is 0 Å². The Morgan fingerprint density at radius 1 is 1.10 bits per heavy atom. The monoisotopic (exact) mass is 420 g/mol. The molecule has 0 aliphatic rings. The maximum Gasteiger partial charge on any atom is 0.241 e. The predicted octanol–water partition coefficient (Wildman–Crippen LogP) is 2.61. The molecule has 0 radical (unpaired) electrons. The summed E-state index contributed by atoms with van der Waals surface area (Å²) in [5.74, 6) is 0.987. The van der Waals surface area contributed by atoms with E-state index in [-0.39, 0.29) is 19.2 Å². The Kier molecular flexibility index (Phi) is 7.90. The highest BCUT2D eigenvalue weighted by Crippen LogP contribution is 2.23. The van der Waals surface area contributed by atoms with Crippen molar-refractivity contribution in [2.45, 2.75) is 26.3 Å². The Labute approximate surface area is 172 Å². The molecule has 0 saturated carbocycles. The van der Waals surface area contributed by atoms with Gasteiger partial charge in [0, 0.05) is 0 Å². The number of aryl methyl sites for hydroxylation is 1. The van der Waals surface area contributed by atoms with Gasteiger partial charge in [-0.15, -0.1) is 0 Å². The second kappa shape index (κ2) is 10.2. The molecule has 0 aliphatic carbocycles. The minimum Gasteiger partial charge on any atom is -0.497 e. The number of anilines is 1. The lowest BCUT2D eigenvalue weighted by atomic mass is 10.1. The zero-order valence-corrected chi connectivity index (χ0v) is 18.0. The summed E-state index contributed by atoms with van der Waals surface area (Å²) in [6.45, 7) is 3.70. The Morgan fingerprint density at radius 2 is 1.72 bits per heavy atom. The standard InChI is InChI=1S/C21H28N2O5S/c1-5-17-8-6-7-9-20(17)23(29(4,25)26)14-21(24)22-16(2)15-28-19-12-10-18(27-3)11-13-19/h6-13,16H,5,14-15H2,1-4H3,(H,22,24). The highest BCUT2D eigenvalue weighted by molar-refractivity contribution is 7.92. The molecule has 1 amide bonds. The molecule has 2 aromatic rings. The number of hydrogen-bond donors (Lipinski definition) is 1. The molecule has 2 aromatic carbocycles. The largest absolute Gasteiger partial charge is 0.497 e. The van der Waals surface area contributed by atoms with Gasteiger partial charge in [0.1, 0.15) is 24.7 Å². The first kappa shape index (κ1) is 22.5. The molecule has 0 aromatic heterocycles. The van der Waals surface area contributed by atoms with Crippen molar-refractivity contribution in [1.82, 2.24) is 5.32 Å². The van der Waals surface area contributed by atoms with Crippen molar-refractivity contribution in [1.29, 1.82) is 0 Å². The van der Waals surface area contributed by atoms with Crippen LogP contribution in [0.1, 0.15) is 19.4 Å². The van der Waals surface area contributed by atoms with Gasteiger partial charge in [-0.25, -0.2) is 8.42 Å². The third kappa shape index (κ3) is 6.67. The van der Waals surface area contributed by atoms with Gasteiger partial charge < -0.3 is 14.8 Å². The molecule has 0 spiro atoms. The molecule has 0 saturated heterocycles. The normalized spacial score (nSPS) is 12.1. The molecule has 1 unspecified atom stereocenters. The minimum absolute atomic E-state index is 0.252. The molecule has 7 nitrogen and oxygen atoms in total. The third-order valence-corrected chi connectivity index (χ3v) is 5.42. The van der Waals surface area contributed by atoms with Gasteiger partial charge in [0.2, 0.25) is 15.9 Å². The van der Waals surface area contributed by atoms with Crippen molar-refractivity contribution in [2.75, 3.05) is 30.8 Å². The maximum atomic E-state index is 12.5. The molecule has 0 bridgehead atoms. The van der Waals surface area contributed by atoms with Gasteiger partial charge in [-0.1, -0.05) is 25.1 Å². The van der Waals surface area contributed by atoms with E-state index >= 15 is 0 Å². The van der Waals surface area contributed by atoms with Crippen LogP contribution in [0.15, 0.2) is 48.5 Å². The number of amides is 1. The van der Waals surface area contributed by atoms with Crippen molar-refractivity contribution in [3.8, 4) is 11.5 Å². The van der Waals surface area contributed by atoms with Crippen molar-refractivity contribution < 1.29 is 22.7 Å². The molecule has 0 aliphatic heterocycles. The van der Waals surface area contributed by atoms with Crippen molar-refractivity contribution in [2.24, 2.45) is 0 Å². The van der Waals surface area contributed by atoms with E-state index < -0.39 is 15.9 Å². The predicted molar refractivity (Wildman–Crippen MR) is 114 cm³/mol. The molecule has 158 valence electrons. The van der Waals surface area contributed by atoms with Crippen molar-refractivity contribution in [3.63, 3.8) is 0 Å². The van der Waals surface area contributed by atoms with Crippen LogP contribution >= 0.6 is 0 Å². The van der Waals surface area contributed by atoms with Crippen LogP contribution in [0.25, 0.3) is 0 Å². The Morgan fingerprint density at radius 3 is 2.31 bits per heavy atom. The van der Waals surface area contributed by atoms with Crippen LogP contribution in [0.4, 0.5) is 5.69 Å². The van der Waals surface area contributed by atoms with E-state index in [4.69, 9.17) is 9.47 Å². The summed E-state index contributed by atoms with van der Waals surface area (Å²) >= 11 is 0. The van der Waals surface area contributed by atoms with E-state index in [0.29, 0.717) is 17.9 Å². The summed E-state index contributed by atoms with van der Waals surface area (Å²) < 4.78 is 36.5.